The van der Waals surface area contributed by atoms with Gasteiger partial charge in [-0.2, -0.15) is 0 Å². The summed E-state index contributed by atoms with van der Waals surface area (Å²) in [6.45, 7) is 4.19. The number of halogens is 1. The molecule has 2 N–H and O–H groups in total. The summed E-state index contributed by atoms with van der Waals surface area (Å²) in [5.74, 6) is 0.0198. The van der Waals surface area contributed by atoms with Gasteiger partial charge in [0.2, 0.25) is 11.8 Å². The number of amides is 2. The predicted molar refractivity (Wildman–Crippen MR) is 100 cm³/mol. The molecule has 0 heterocycles. The van der Waals surface area contributed by atoms with Crippen molar-refractivity contribution in [2.45, 2.75) is 26.2 Å². The second kappa shape index (κ2) is 8.64. The monoisotopic (exact) mass is 388 g/mol. The van der Waals surface area contributed by atoms with Crippen LogP contribution in [0.4, 0.5) is 5.69 Å². The molecule has 0 radical (unpaired) electrons. The van der Waals surface area contributed by atoms with Crippen molar-refractivity contribution >= 4 is 33.4 Å². The molecule has 0 fully saturated rings. The molecule has 0 unspecified atom stereocenters. The number of hydrogen-bond donors (Lipinski definition) is 2. The molecule has 2 aromatic carbocycles. The Balaban J connectivity index is 1.80. The standard InChI is InChI=1S/C19H21BrN2O2/c1-13(2)14-7-9-16(10-8-14)22-19(24)12-21-18(23)11-15-5-3-4-6-17(15)20/h3-10,13H,11-12H2,1-2H3,(H,21,23)(H,22,24). The summed E-state index contributed by atoms with van der Waals surface area (Å²) in [6.07, 6.45) is 0.234. The molecule has 24 heavy (non-hydrogen) atoms. The summed E-state index contributed by atoms with van der Waals surface area (Å²) in [4.78, 5) is 23.8. The van der Waals surface area contributed by atoms with E-state index in [-0.39, 0.29) is 24.8 Å². The lowest BCUT2D eigenvalue weighted by atomic mass is 10.0. The topological polar surface area (TPSA) is 58.2 Å². The average molecular weight is 389 g/mol. The number of rotatable bonds is 6. The van der Waals surface area contributed by atoms with Crippen LogP contribution in [0.2, 0.25) is 0 Å². The lowest BCUT2D eigenvalue weighted by molar-refractivity contribution is -0.123. The largest absolute Gasteiger partial charge is 0.347 e. The molecule has 126 valence electrons. The second-order valence-electron chi connectivity index (χ2n) is 5.87. The average Bonchev–Trinajstić information content (AvgIpc) is 2.55. The van der Waals surface area contributed by atoms with E-state index in [0.29, 0.717) is 5.92 Å². The maximum absolute atomic E-state index is 11.9. The van der Waals surface area contributed by atoms with E-state index in [1.54, 1.807) is 0 Å². The fraction of sp³-hybridized carbons (Fsp3) is 0.263. The first kappa shape index (κ1) is 18.2. The van der Waals surface area contributed by atoms with Gasteiger partial charge < -0.3 is 10.6 Å². The summed E-state index contributed by atoms with van der Waals surface area (Å²) in [5.41, 5.74) is 2.83. The molecule has 0 aliphatic rings. The van der Waals surface area contributed by atoms with E-state index in [1.165, 1.54) is 5.56 Å². The predicted octanol–water partition coefficient (Wildman–Crippen LogP) is 3.87. The minimum absolute atomic E-state index is 0.0464. The summed E-state index contributed by atoms with van der Waals surface area (Å²) in [7, 11) is 0. The van der Waals surface area contributed by atoms with Gasteiger partial charge in [0.15, 0.2) is 0 Å². The Morgan fingerprint density at radius 2 is 1.67 bits per heavy atom. The summed E-state index contributed by atoms with van der Waals surface area (Å²) in [6, 6.07) is 15.3. The number of anilines is 1. The van der Waals surface area contributed by atoms with Gasteiger partial charge in [0.1, 0.15) is 0 Å². The number of hydrogen-bond acceptors (Lipinski definition) is 2. The van der Waals surface area contributed by atoms with Gasteiger partial charge in [0.25, 0.3) is 0 Å². The van der Waals surface area contributed by atoms with Gasteiger partial charge in [0, 0.05) is 10.2 Å². The third kappa shape index (κ3) is 5.49. The van der Waals surface area contributed by atoms with Crippen LogP contribution in [0, 0.1) is 0 Å². The van der Waals surface area contributed by atoms with Crippen molar-refractivity contribution in [3.63, 3.8) is 0 Å². The van der Waals surface area contributed by atoms with E-state index in [2.05, 4.69) is 40.4 Å². The normalized spacial score (nSPS) is 10.5. The van der Waals surface area contributed by atoms with Crippen molar-refractivity contribution in [1.29, 1.82) is 0 Å². The number of benzene rings is 2. The van der Waals surface area contributed by atoms with Crippen molar-refractivity contribution in [2.24, 2.45) is 0 Å². The van der Waals surface area contributed by atoms with Crippen LogP contribution in [0.3, 0.4) is 0 Å². The molecule has 2 rings (SSSR count). The van der Waals surface area contributed by atoms with Crippen LogP contribution < -0.4 is 10.6 Å². The highest BCUT2D eigenvalue weighted by Crippen LogP contribution is 2.17. The van der Waals surface area contributed by atoms with Gasteiger partial charge in [-0.25, -0.2) is 0 Å². The lowest BCUT2D eigenvalue weighted by Gasteiger charge is -2.09. The third-order valence-corrected chi connectivity index (χ3v) is 4.39. The van der Waals surface area contributed by atoms with Crippen LogP contribution >= 0.6 is 15.9 Å². The zero-order chi connectivity index (χ0) is 17.5. The molecule has 0 aliphatic heterocycles. The molecule has 2 aromatic rings. The highest BCUT2D eigenvalue weighted by atomic mass is 79.9. The van der Waals surface area contributed by atoms with Crippen LogP contribution in [0.5, 0.6) is 0 Å². The Labute approximate surface area is 150 Å². The molecular weight excluding hydrogens is 368 g/mol. The van der Waals surface area contributed by atoms with E-state index >= 15 is 0 Å². The maximum atomic E-state index is 11.9. The number of carbonyl (C=O) groups is 2. The molecule has 0 saturated carbocycles. The lowest BCUT2D eigenvalue weighted by Crippen LogP contribution is -2.33. The number of nitrogens with one attached hydrogen (secondary N) is 2. The molecule has 0 atom stereocenters. The first-order chi connectivity index (χ1) is 11.5. The van der Waals surface area contributed by atoms with Gasteiger partial charge in [-0.3, -0.25) is 9.59 Å². The quantitative estimate of drug-likeness (QED) is 0.788. The summed E-state index contributed by atoms with van der Waals surface area (Å²) < 4.78 is 0.884. The Bertz CT molecular complexity index is 712. The zero-order valence-electron chi connectivity index (χ0n) is 13.8. The van der Waals surface area contributed by atoms with Crippen LogP contribution in [-0.2, 0) is 16.0 Å². The van der Waals surface area contributed by atoms with Crippen LogP contribution in [0.15, 0.2) is 53.0 Å². The van der Waals surface area contributed by atoms with Crippen molar-refractivity contribution in [3.8, 4) is 0 Å². The third-order valence-electron chi connectivity index (χ3n) is 3.62. The highest BCUT2D eigenvalue weighted by molar-refractivity contribution is 9.10. The molecular formula is C19H21BrN2O2. The Hall–Kier alpha value is -2.14. The summed E-state index contributed by atoms with van der Waals surface area (Å²) >= 11 is 3.41. The molecule has 0 bridgehead atoms. The van der Waals surface area contributed by atoms with Crippen molar-refractivity contribution in [2.75, 3.05) is 11.9 Å². The van der Waals surface area contributed by atoms with E-state index in [1.807, 2.05) is 48.5 Å². The van der Waals surface area contributed by atoms with Crippen LogP contribution in [0.1, 0.15) is 30.9 Å². The van der Waals surface area contributed by atoms with Crippen molar-refractivity contribution in [1.82, 2.24) is 5.32 Å². The van der Waals surface area contributed by atoms with E-state index in [9.17, 15) is 9.59 Å². The molecule has 0 saturated heterocycles. The van der Waals surface area contributed by atoms with Crippen molar-refractivity contribution < 1.29 is 9.59 Å². The molecule has 4 nitrogen and oxygen atoms in total. The minimum Gasteiger partial charge on any atom is -0.347 e. The van der Waals surface area contributed by atoms with Gasteiger partial charge in [-0.05, 0) is 35.2 Å². The zero-order valence-corrected chi connectivity index (χ0v) is 15.4. The van der Waals surface area contributed by atoms with Crippen LogP contribution in [-0.4, -0.2) is 18.4 Å². The van der Waals surface area contributed by atoms with Gasteiger partial charge >= 0.3 is 0 Å². The Morgan fingerprint density at radius 1 is 1.00 bits per heavy atom. The van der Waals surface area contributed by atoms with Crippen molar-refractivity contribution in [3.05, 3.63) is 64.1 Å². The second-order valence-corrected chi connectivity index (χ2v) is 6.72. The van der Waals surface area contributed by atoms with Gasteiger partial charge in [-0.15, -0.1) is 0 Å². The van der Waals surface area contributed by atoms with E-state index < -0.39 is 0 Å². The van der Waals surface area contributed by atoms with E-state index in [4.69, 9.17) is 0 Å². The molecule has 0 aliphatic carbocycles. The maximum Gasteiger partial charge on any atom is 0.243 e. The molecule has 0 aromatic heterocycles. The van der Waals surface area contributed by atoms with Gasteiger partial charge in [-0.1, -0.05) is 60.1 Å². The fourth-order valence-corrected chi connectivity index (χ4v) is 2.64. The fourth-order valence-electron chi connectivity index (χ4n) is 2.21. The Morgan fingerprint density at radius 3 is 2.29 bits per heavy atom. The van der Waals surface area contributed by atoms with Gasteiger partial charge in [0.05, 0.1) is 13.0 Å². The molecule has 0 spiro atoms. The first-order valence-electron chi connectivity index (χ1n) is 7.85. The summed E-state index contributed by atoms with van der Waals surface area (Å²) in [5, 5.41) is 5.41. The highest BCUT2D eigenvalue weighted by Gasteiger charge is 2.09. The Kier molecular flexibility index (Phi) is 6.55. The first-order valence-corrected chi connectivity index (χ1v) is 8.65. The van der Waals surface area contributed by atoms with E-state index in [0.717, 1.165) is 15.7 Å². The smallest absolute Gasteiger partial charge is 0.243 e. The number of carbonyl (C=O) groups excluding carboxylic acids is 2. The molecule has 5 heteroatoms. The SMILES string of the molecule is CC(C)c1ccc(NC(=O)CNC(=O)Cc2ccccc2Br)cc1. The molecule has 2 amide bonds. The van der Waals surface area contributed by atoms with Crippen LogP contribution in [0.25, 0.3) is 0 Å². The minimum atomic E-state index is -0.243.